The topological polar surface area (TPSA) is 122 Å². The molecule has 0 aliphatic carbocycles. The van der Waals surface area contributed by atoms with E-state index in [1.165, 1.54) is 18.2 Å². The highest BCUT2D eigenvalue weighted by Gasteiger charge is 2.11. The summed E-state index contributed by atoms with van der Waals surface area (Å²) in [6, 6.07) is 3.53. The number of rotatable bonds is 7. The molecule has 0 fully saturated rings. The molecule has 0 aliphatic rings. The molecule has 0 saturated carbocycles. The molecular weight excluding hydrogens is 346 g/mol. The molecule has 3 N–H and O–H groups in total. The number of carboxylic acid groups (broad SMARTS) is 1. The Morgan fingerprint density at radius 1 is 1.33 bits per heavy atom. The van der Waals surface area contributed by atoms with Crippen molar-refractivity contribution < 1.29 is 19.6 Å². The number of hydrogen-bond donors (Lipinski definition) is 3. The fourth-order valence-electron chi connectivity index (χ4n) is 1.49. The first kappa shape index (κ1) is 16.9. The summed E-state index contributed by atoms with van der Waals surface area (Å²) in [6.45, 7) is 0.325. The molecule has 0 heterocycles. The van der Waals surface area contributed by atoms with E-state index < -0.39 is 16.9 Å². The lowest BCUT2D eigenvalue weighted by Gasteiger charge is -2.08. The first-order valence-electron chi connectivity index (χ1n) is 6.10. The number of anilines is 1. The lowest BCUT2D eigenvalue weighted by Crippen LogP contribution is -2.29. The predicted molar refractivity (Wildman–Crippen MR) is 79.3 cm³/mol. The molecule has 0 atom stereocenters. The molecule has 0 radical (unpaired) electrons. The maximum absolute atomic E-state index is 11.6. The van der Waals surface area contributed by atoms with Gasteiger partial charge in [0.05, 0.1) is 10.6 Å². The van der Waals surface area contributed by atoms with Crippen LogP contribution in [0.15, 0.2) is 22.7 Å². The second-order valence-electron chi connectivity index (χ2n) is 4.15. The van der Waals surface area contributed by atoms with E-state index in [9.17, 15) is 19.7 Å². The third-order valence-corrected chi connectivity index (χ3v) is 3.20. The number of hydrogen-bond acceptors (Lipinski definition) is 4. The number of halogens is 1. The summed E-state index contributed by atoms with van der Waals surface area (Å²) in [5.41, 5.74) is 0.155. The summed E-state index contributed by atoms with van der Waals surface area (Å²) < 4.78 is 0.522. The highest BCUT2D eigenvalue weighted by atomic mass is 79.9. The molecule has 8 nitrogen and oxygen atoms in total. The van der Waals surface area contributed by atoms with Crippen LogP contribution in [0.3, 0.4) is 0 Å². The number of urea groups is 1. The van der Waals surface area contributed by atoms with E-state index in [1.807, 2.05) is 0 Å². The zero-order chi connectivity index (χ0) is 15.8. The van der Waals surface area contributed by atoms with Crippen LogP contribution in [0.25, 0.3) is 0 Å². The number of nitrogens with zero attached hydrogens (tertiary/aromatic N) is 1. The quantitative estimate of drug-likeness (QED) is 0.392. The highest BCUT2D eigenvalue weighted by Crippen LogP contribution is 2.26. The van der Waals surface area contributed by atoms with Crippen molar-refractivity contribution >= 4 is 39.3 Å². The number of aliphatic carboxylic acids is 1. The number of non-ortho nitro benzene ring substituents is 1. The van der Waals surface area contributed by atoms with E-state index in [1.54, 1.807) is 0 Å². The average molecular weight is 360 g/mol. The number of nitro benzene ring substituents is 1. The first-order chi connectivity index (χ1) is 9.90. The van der Waals surface area contributed by atoms with Crippen molar-refractivity contribution in [1.82, 2.24) is 5.32 Å². The number of carbonyl (C=O) groups excluding carboxylic acids is 1. The van der Waals surface area contributed by atoms with Gasteiger partial charge >= 0.3 is 12.0 Å². The third-order valence-electron chi connectivity index (χ3n) is 2.51. The Kier molecular flexibility index (Phi) is 6.60. The van der Waals surface area contributed by atoms with Gasteiger partial charge in [0.1, 0.15) is 0 Å². The number of nitrogens with one attached hydrogen (secondary N) is 2. The Morgan fingerprint density at radius 3 is 2.67 bits per heavy atom. The minimum absolute atomic E-state index is 0.0553. The van der Waals surface area contributed by atoms with Crippen molar-refractivity contribution in [1.29, 1.82) is 0 Å². The van der Waals surface area contributed by atoms with Crippen LogP contribution >= 0.6 is 15.9 Å². The molecule has 1 aromatic carbocycles. The summed E-state index contributed by atoms with van der Waals surface area (Å²) in [5, 5.41) is 24.2. The fourth-order valence-corrected chi connectivity index (χ4v) is 1.84. The van der Waals surface area contributed by atoms with Crippen molar-refractivity contribution in [2.45, 2.75) is 19.3 Å². The molecule has 0 bridgehead atoms. The van der Waals surface area contributed by atoms with Crippen LogP contribution in [0, 0.1) is 10.1 Å². The standard InChI is InChI=1S/C12H14BrN3O5/c13-9-5-4-8(16(20)21)7-10(9)15-12(19)14-6-2-1-3-11(17)18/h4-5,7H,1-3,6H2,(H,17,18)(H2,14,15,19). The molecular formula is C12H14BrN3O5. The second kappa shape index (κ2) is 8.20. The fraction of sp³-hybridized carbons (Fsp3) is 0.333. The van der Waals surface area contributed by atoms with E-state index in [-0.39, 0.29) is 17.8 Å². The van der Waals surface area contributed by atoms with Gasteiger partial charge in [-0.05, 0) is 34.8 Å². The van der Waals surface area contributed by atoms with Crippen LogP contribution in [0.1, 0.15) is 19.3 Å². The van der Waals surface area contributed by atoms with Crippen LogP contribution in [-0.2, 0) is 4.79 Å². The Morgan fingerprint density at radius 2 is 2.05 bits per heavy atom. The van der Waals surface area contributed by atoms with Gasteiger partial charge in [-0.15, -0.1) is 0 Å². The van der Waals surface area contributed by atoms with Gasteiger partial charge in [0.15, 0.2) is 0 Å². The van der Waals surface area contributed by atoms with Crippen molar-refractivity contribution in [3.8, 4) is 0 Å². The van der Waals surface area contributed by atoms with Crippen molar-refractivity contribution in [2.24, 2.45) is 0 Å². The van der Waals surface area contributed by atoms with Crippen molar-refractivity contribution in [3.05, 3.63) is 32.8 Å². The first-order valence-corrected chi connectivity index (χ1v) is 6.90. The van der Waals surface area contributed by atoms with Gasteiger partial charge < -0.3 is 15.7 Å². The number of amides is 2. The molecule has 0 saturated heterocycles. The number of carboxylic acids is 1. The van der Waals surface area contributed by atoms with Crippen LogP contribution in [-0.4, -0.2) is 28.6 Å². The van der Waals surface area contributed by atoms with Gasteiger partial charge in [0, 0.05) is 29.6 Å². The molecule has 0 aromatic heterocycles. The van der Waals surface area contributed by atoms with Gasteiger partial charge in [-0.1, -0.05) is 0 Å². The lowest BCUT2D eigenvalue weighted by molar-refractivity contribution is -0.384. The lowest BCUT2D eigenvalue weighted by atomic mass is 10.2. The maximum Gasteiger partial charge on any atom is 0.319 e. The van der Waals surface area contributed by atoms with E-state index in [0.717, 1.165) is 0 Å². The smallest absolute Gasteiger partial charge is 0.319 e. The summed E-state index contributed by atoms with van der Waals surface area (Å²) in [4.78, 5) is 32.0. The molecule has 0 spiro atoms. The van der Waals surface area contributed by atoms with Crippen LogP contribution in [0.5, 0.6) is 0 Å². The number of unbranched alkanes of at least 4 members (excludes halogenated alkanes) is 1. The Bertz CT molecular complexity index is 550. The summed E-state index contributed by atoms with van der Waals surface area (Å²) >= 11 is 3.19. The molecule has 114 valence electrons. The summed E-state index contributed by atoms with van der Waals surface area (Å²) in [5.74, 6) is -0.875. The Labute approximate surface area is 128 Å². The van der Waals surface area contributed by atoms with Crippen LogP contribution < -0.4 is 10.6 Å². The monoisotopic (exact) mass is 359 g/mol. The maximum atomic E-state index is 11.6. The molecule has 2 amide bonds. The van der Waals surface area contributed by atoms with Crippen molar-refractivity contribution in [3.63, 3.8) is 0 Å². The van der Waals surface area contributed by atoms with Crippen LogP contribution in [0.4, 0.5) is 16.2 Å². The summed E-state index contributed by atoms with van der Waals surface area (Å²) in [6.07, 6.45) is 1.06. The third kappa shape index (κ3) is 6.21. The normalized spacial score (nSPS) is 9.95. The predicted octanol–water partition coefficient (Wildman–Crippen LogP) is 2.73. The molecule has 21 heavy (non-hydrogen) atoms. The second-order valence-corrected chi connectivity index (χ2v) is 5.01. The van der Waals surface area contributed by atoms with Gasteiger partial charge in [-0.25, -0.2) is 4.79 Å². The van der Waals surface area contributed by atoms with Gasteiger partial charge in [0.25, 0.3) is 5.69 Å². The Balaban J connectivity index is 2.45. The molecule has 1 aromatic rings. The Hall–Kier alpha value is -2.16. The van der Waals surface area contributed by atoms with E-state index >= 15 is 0 Å². The van der Waals surface area contributed by atoms with Crippen LogP contribution in [0.2, 0.25) is 0 Å². The minimum atomic E-state index is -0.875. The van der Waals surface area contributed by atoms with E-state index in [0.29, 0.717) is 23.9 Å². The zero-order valence-corrected chi connectivity index (χ0v) is 12.6. The SMILES string of the molecule is O=C(O)CCCCNC(=O)Nc1cc([N+](=O)[O-])ccc1Br. The zero-order valence-electron chi connectivity index (χ0n) is 11.0. The average Bonchev–Trinajstić information content (AvgIpc) is 2.40. The molecule has 9 heteroatoms. The molecule has 0 unspecified atom stereocenters. The summed E-state index contributed by atoms with van der Waals surface area (Å²) in [7, 11) is 0. The van der Waals surface area contributed by atoms with Gasteiger partial charge in [0.2, 0.25) is 0 Å². The van der Waals surface area contributed by atoms with E-state index in [2.05, 4.69) is 26.6 Å². The van der Waals surface area contributed by atoms with E-state index in [4.69, 9.17) is 5.11 Å². The van der Waals surface area contributed by atoms with Gasteiger partial charge in [-0.3, -0.25) is 14.9 Å². The van der Waals surface area contributed by atoms with Crippen molar-refractivity contribution in [2.75, 3.05) is 11.9 Å². The minimum Gasteiger partial charge on any atom is -0.481 e. The van der Waals surface area contributed by atoms with Gasteiger partial charge in [-0.2, -0.15) is 0 Å². The highest BCUT2D eigenvalue weighted by molar-refractivity contribution is 9.10. The number of benzene rings is 1. The largest absolute Gasteiger partial charge is 0.481 e. The molecule has 1 rings (SSSR count). The number of nitro groups is 1. The molecule has 0 aliphatic heterocycles. The number of carbonyl (C=O) groups is 2.